The molecular formula is C15H19ClN2. The van der Waals surface area contributed by atoms with E-state index in [0.717, 1.165) is 23.5 Å². The number of piperidine rings is 1. The van der Waals surface area contributed by atoms with Crippen LogP contribution < -0.4 is 0 Å². The van der Waals surface area contributed by atoms with Gasteiger partial charge >= 0.3 is 0 Å². The number of fused-ring (bicyclic) bond motifs is 1. The zero-order chi connectivity index (χ0) is 12.4. The number of benzene rings is 1. The van der Waals surface area contributed by atoms with Crippen LogP contribution in [0.4, 0.5) is 0 Å². The van der Waals surface area contributed by atoms with E-state index < -0.39 is 0 Å². The van der Waals surface area contributed by atoms with Crippen LogP contribution in [0.1, 0.15) is 19.3 Å². The maximum atomic E-state index is 6.20. The van der Waals surface area contributed by atoms with Crippen LogP contribution in [0, 0.1) is 0 Å². The van der Waals surface area contributed by atoms with Crippen LogP contribution >= 0.6 is 11.6 Å². The Morgan fingerprint density at radius 2 is 1.83 bits per heavy atom. The molecule has 0 bridgehead atoms. The number of halogens is 1. The average Bonchev–Trinajstić information content (AvgIpc) is 2.82. The van der Waals surface area contributed by atoms with E-state index in [1.807, 2.05) is 12.1 Å². The van der Waals surface area contributed by atoms with Crippen molar-refractivity contribution in [1.82, 2.24) is 9.47 Å². The molecule has 0 atom stereocenters. The van der Waals surface area contributed by atoms with Gasteiger partial charge in [-0.3, -0.25) is 0 Å². The smallest absolute Gasteiger partial charge is 0.0499 e. The molecule has 2 nitrogen and oxygen atoms in total. The van der Waals surface area contributed by atoms with Crippen molar-refractivity contribution < 1.29 is 0 Å². The Hall–Kier alpha value is -0.990. The summed E-state index contributed by atoms with van der Waals surface area (Å²) in [6.45, 7) is 4.74. The number of likely N-dealkylation sites (tertiary alicyclic amines) is 1. The van der Waals surface area contributed by atoms with Crippen LogP contribution in [0.5, 0.6) is 0 Å². The standard InChI is InChI=1S/C15H19ClN2/c16-14-5-4-6-15-13(14)7-10-18(15)12-11-17-8-2-1-3-9-17/h4-7,10H,1-3,8-9,11-12H2. The van der Waals surface area contributed by atoms with Gasteiger partial charge in [0, 0.05) is 35.2 Å². The average molecular weight is 263 g/mol. The van der Waals surface area contributed by atoms with Crippen molar-refractivity contribution in [1.29, 1.82) is 0 Å². The molecule has 0 saturated carbocycles. The lowest BCUT2D eigenvalue weighted by Gasteiger charge is -2.26. The summed E-state index contributed by atoms with van der Waals surface area (Å²) in [6.07, 6.45) is 6.27. The fourth-order valence-corrected chi connectivity index (χ4v) is 3.05. The fourth-order valence-electron chi connectivity index (χ4n) is 2.81. The van der Waals surface area contributed by atoms with Crippen molar-refractivity contribution in [3.05, 3.63) is 35.5 Å². The maximum Gasteiger partial charge on any atom is 0.0499 e. The second-order valence-corrected chi connectivity index (χ2v) is 5.49. The zero-order valence-corrected chi connectivity index (χ0v) is 11.4. The SMILES string of the molecule is Clc1cccc2c1ccn2CCN1CCCCC1. The first-order chi connectivity index (χ1) is 8.84. The number of nitrogens with zero attached hydrogens (tertiary/aromatic N) is 2. The Balaban J connectivity index is 1.72. The van der Waals surface area contributed by atoms with Gasteiger partial charge in [0.15, 0.2) is 0 Å². The van der Waals surface area contributed by atoms with E-state index in [0.29, 0.717) is 0 Å². The van der Waals surface area contributed by atoms with Crippen molar-refractivity contribution in [3.63, 3.8) is 0 Å². The summed E-state index contributed by atoms with van der Waals surface area (Å²) >= 11 is 6.20. The quantitative estimate of drug-likeness (QED) is 0.817. The molecule has 1 aliphatic rings. The Bertz CT molecular complexity index is 526. The van der Waals surface area contributed by atoms with E-state index >= 15 is 0 Å². The minimum Gasteiger partial charge on any atom is -0.346 e. The molecule has 96 valence electrons. The zero-order valence-electron chi connectivity index (χ0n) is 10.6. The van der Waals surface area contributed by atoms with Crippen molar-refractivity contribution >= 4 is 22.5 Å². The summed E-state index contributed by atoms with van der Waals surface area (Å²) in [7, 11) is 0. The van der Waals surface area contributed by atoms with Crippen LogP contribution in [-0.2, 0) is 6.54 Å². The maximum absolute atomic E-state index is 6.20. The molecule has 1 fully saturated rings. The lowest BCUT2D eigenvalue weighted by atomic mass is 10.1. The second kappa shape index (κ2) is 5.33. The highest BCUT2D eigenvalue weighted by Gasteiger charge is 2.10. The molecule has 1 aromatic heterocycles. The highest BCUT2D eigenvalue weighted by atomic mass is 35.5. The number of aromatic nitrogens is 1. The molecule has 1 aromatic carbocycles. The minimum atomic E-state index is 0.851. The van der Waals surface area contributed by atoms with Gasteiger partial charge in [-0.25, -0.2) is 0 Å². The highest BCUT2D eigenvalue weighted by Crippen LogP contribution is 2.24. The Labute approximate surface area is 113 Å². The normalized spacial score (nSPS) is 17.4. The van der Waals surface area contributed by atoms with Gasteiger partial charge in [0.2, 0.25) is 0 Å². The number of rotatable bonds is 3. The lowest BCUT2D eigenvalue weighted by molar-refractivity contribution is 0.221. The van der Waals surface area contributed by atoms with Gasteiger partial charge in [0.25, 0.3) is 0 Å². The summed E-state index contributed by atoms with van der Waals surface area (Å²) in [6, 6.07) is 8.26. The van der Waals surface area contributed by atoms with Crippen molar-refractivity contribution in [2.24, 2.45) is 0 Å². The predicted molar refractivity (Wildman–Crippen MR) is 77.2 cm³/mol. The molecule has 0 N–H and O–H groups in total. The molecule has 3 rings (SSSR count). The first-order valence-corrected chi connectivity index (χ1v) is 7.18. The predicted octanol–water partition coefficient (Wildman–Crippen LogP) is 3.78. The Kier molecular flexibility index (Phi) is 3.57. The summed E-state index contributed by atoms with van der Waals surface area (Å²) in [5, 5.41) is 2.02. The Morgan fingerprint density at radius 3 is 2.67 bits per heavy atom. The molecule has 0 aliphatic carbocycles. The monoisotopic (exact) mass is 262 g/mol. The molecule has 0 unspecified atom stereocenters. The molecule has 1 saturated heterocycles. The third-order valence-electron chi connectivity index (χ3n) is 3.87. The molecule has 2 heterocycles. The van der Waals surface area contributed by atoms with Crippen LogP contribution in [0.25, 0.3) is 10.9 Å². The molecule has 0 radical (unpaired) electrons. The lowest BCUT2D eigenvalue weighted by Crippen LogP contribution is -2.32. The van der Waals surface area contributed by atoms with Crippen LogP contribution in [0.3, 0.4) is 0 Å². The summed E-state index contributed by atoms with van der Waals surface area (Å²) in [4.78, 5) is 2.57. The third kappa shape index (κ3) is 2.40. The third-order valence-corrected chi connectivity index (χ3v) is 4.20. The first kappa shape index (κ1) is 12.1. The molecule has 18 heavy (non-hydrogen) atoms. The van der Waals surface area contributed by atoms with Crippen LogP contribution in [0.15, 0.2) is 30.5 Å². The van der Waals surface area contributed by atoms with Gasteiger partial charge in [-0.15, -0.1) is 0 Å². The summed E-state index contributed by atoms with van der Waals surface area (Å²) < 4.78 is 2.32. The molecule has 3 heteroatoms. The molecule has 2 aromatic rings. The van der Waals surface area contributed by atoms with Gasteiger partial charge in [0.1, 0.15) is 0 Å². The van der Waals surface area contributed by atoms with E-state index in [-0.39, 0.29) is 0 Å². The summed E-state index contributed by atoms with van der Waals surface area (Å²) in [5.41, 5.74) is 1.25. The van der Waals surface area contributed by atoms with Gasteiger partial charge < -0.3 is 9.47 Å². The van der Waals surface area contributed by atoms with Gasteiger partial charge in [-0.1, -0.05) is 24.1 Å². The van der Waals surface area contributed by atoms with Crippen LogP contribution in [0.2, 0.25) is 5.02 Å². The van der Waals surface area contributed by atoms with E-state index in [1.54, 1.807) is 0 Å². The minimum absolute atomic E-state index is 0.851. The topological polar surface area (TPSA) is 8.17 Å². The first-order valence-electron chi connectivity index (χ1n) is 6.80. The largest absolute Gasteiger partial charge is 0.346 e. The van der Waals surface area contributed by atoms with E-state index in [2.05, 4.69) is 27.8 Å². The fraction of sp³-hybridized carbons (Fsp3) is 0.467. The van der Waals surface area contributed by atoms with Crippen molar-refractivity contribution in [2.45, 2.75) is 25.8 Å². The van der Waals surface area contributed by atoms with Gasteiger partial charge in [-0.05, 0) is 44.1 Å². The van der Waals surface area contributed by atoms with Gasteiger partial charge in [0.05, 0.1) is 0 Å². The van der Waals surface area contributed by atoms with E-state index in [9.17, 15) is 0 Å². The van der Waals surface area contributed by atoms with Crippen molar-refractivity contribution in [3.8, 4) is 0 Å². The molecule has 0 amide bonds. The van der Waals surface area contributed by atoms with E-state index in [1.165, 1.54) is 37.9 Å². The summed E-state index contributed by atoms with van der Waals surface area (Å²) in [5.74, 6) is 0. The molecule has 1 aliphatic heterocycles. The number of hydrogen-bond acceptors (Lipinski definition) is 1. The molecule has 0 spiro atoms. The van der Waals surface area contributed by atoms with Crippen molar-refractivity contribution in [2.75, 3.05) is 19.6 Å². The highest BCUT2D eigenvalue weighted by molar-refractivity contribution is 6.35. The molecular weight excluding hydrogens is 244 g/mol. The van der Waals surface area contributed by atoms with Gasteiger partial charge in [-0.2, -0.15) is 0 Å². The van der Waals surface area contributed by atoms with E-state index in [4.69, 9.17) is 11.6 Å². The number of hydrogen-bond donors (Lipinski definition) is 0. The Morgan fingerprint density at radius 1 is 1.00 bits per heavy atom. The van der Waals surface area contributed by atoms with Crippen LogP contribution in [-0.4, -0.2) is 29.1 Å². The second-order valence-electron chi connectivity index (χ2n) is 5.08.